The summed E-state index contributed by atoms with van der Waals surface area (Å²) in [5.74, 6) is -0.780. The third kappa shape index (κ3) is 5.76. The second kappa shape index (κ2) is 9.27. The van der Waals surface area contributed by atoms with Crippen molar-refractivity contribution in [2.45, 2.75) is 11.1 Å². The van der Waals surface area contributed by atoms with Crippen molar-refractivity contribution in [2.24, 2.45) is 0 Å². The monoisotopic (exact) mass is 560 g/mol. The molecule has 0 bridgehead atoms. The van der Waals surface area contributed by atoms with Crippen LogP contribution in [0.25, 0.3) is 0 Å². The molecule has 0 atom stereocenters. The first kappa shape index (κ1) is 23.1. The van der Waals surface area contributed by atoms with Crippen molar-refractivity contribution < 1.29 is 26.4 Å². The Kier molecular flexibility index (Phi) is 6.90. The van der Waals surface area contributed by atoms with E-state index in [0.29, 0.717) is 0 Å². The van der Waals surface area contributed by atoms with Gasteiger partial charge in [-0.05, 0) is 77.2 Å². The topological polar surface area (TPSA) is 66.5 Å². The van der Waals surface area contributed by atoms with Crippen molar-refractivity contribution in [1.82, 2.24) is 0 Å². The number of halogens is 4. The van der Waals surface area contributed by atoms with Gasteiger partial charge in [0.2, 0.25) is 5.91 Å². The predicted octanol–water partition coefficient (Wildman–Crippen LogP) is 5.14. The summed E-state index contributed by atoms with van der Waals surface area (Å²) in [7, 11) is -4.10. The van der Waals surface area contributed by atoms with Crippen molar-refractivity contribution in [3.05, 3.63) is 88.0 Å². The molecule has 5 nitrogen and oxygen atoms in total. The normalized spacial score (nSPS) is 11.7. The summed E-state index contributed by atoms with van der Waals surface area (Å²) >= 11 is 2.06. The highest BCUT2D eigenvalue weighted by molar-refractivity contribution is 14.1. The Morgan fingerprint density at radius 2 is 1.58 bits per heavy atom. The Morgan fingerprint density at radius 3 is 2.19 bits per heavy atom. The zero-order valence-electron chi connectivity index (χ0n) is 15.8. The maximum Gasteiger partial charge on any atom is 0.416 e. The quantitative estimate of drug-likeness (QED) is 0.425. The maximum absolute atomic E-state index is 13.2. The van der Waals surface area contributed by atoms with Crippen LogP contribution in [0.15, 0.2) is 83.8 Å². The molecule has 0 aliphatic heterocycles. The molecule has 0 aromatic heterocycles. The van der Waals surface area contributed by atoms with Gasteiger partial charge >= 0.3 is 6.18 Å². The summed E-state index contributed by atoms with van der Waals surface area (Å²) in [6.45, 7) is -0.617. The number of rotatable bonds is 6. The van der Waals surface area contributed by atoms with Crippen molar-refractivity contribution in [3.8, 4) is 0 Å². The van der Waals surface area contributed by atoms with E-state index in [1.165, 1.54) is 18.2 Å². The first-order valence-electron chi connectivity index (χ1n) is 8.88. The number of nitrogens with one attached hydrogen (secondary N) is 1. The van der Waals surface area contributed by atoms with Crippen LogP contribution in [-0.4, -0.2) is 20.9 Å². The Labute approximate surface area is 191 Å². The molecule has 0 fully saturated rings. The zero-order chi connectivity index (χ0) is 22.6. The van der Waals surface area contributed by atoms with E-state index in [1.807, 2.05) is 0 Å². The number of amides is 1. The van der Waals surface area contributed by atoms with Crippen LogP contribution in [0.4, 0.5) is 24.5 Å². The first-order valence-corrected chi connectivity index (χ1v) is 11.4. The Hall–Kier alpha value is -2.60. The average Bonchev–Trinajstić information content (AvgIpc) is 2.73. The molecule has 0 aliphatic rings. The highest BCUT2D eigenvalue weighted by Crippen LogP contribution is 2.31. The van der Waals surface area contributed by atoms with Crippen molar-refractivity contribution in [1.29, 1.82) is 0 Å². The fourth-order valence-electron chi connectivity index (χ4n) is 2.75. The van der Waals surface area contributed by atoms with Crippen LogP contribution in [0.2, 0.25) is 0 Å². The smallest absolute Gasteiger partial charge is 0.325 e. The van der Waals surface area contributed by atoms with Gasteiger partial charge in [-0.3, -0.25) is 9.10 Å². The van der Waals surface area contributed by atoms with Gasteiger partial charge in [0.1, 0.15) is 6.54 Å². The number of benzene rings is 3. The van der Waals surface area contributed by atoms with Crippen molar-refractivity contribution in [3.63, 3.8) is 0 Å². The van der Waals surface area contributed by atoms with Crippen LogP contribution in [0.5, 0.6) is 0 Å². The van der Waals surface area contributed by atoms with E-state index in [2.05, 4.69) is 27.9 Å². The first-order chi connectivity index (χ1) is 14.6. The van der Waals surface area contributed by atoms with Gasteiger partial charge in [-0.1, -0.05) is 24.3 Å². The number of alkyl halides is 3. The van der Waals surface area contributed by atoms with Crippen LogP contribution < -0.4 is 9.62 Å². The van der Waals surface area contributed by atoms with E-state index >= 15 is 0 Å². The Bertz CT molecular complexity index is 1170. The number of anilines is 2. The molecule has 10 heteroatoms. The maximum atomic E-state index is 13.2. The summed E-state index contributed by atoms with van der Waals surface area (Å²) in [6.07, 6.45) is -4.56. The van der Waals surface area contributed by atoms with Crippen LogP contribution in [0.1, 0.15) is 5.56 Å². The largest absolute Gasteiger partial charge is 0.416 e. The van der Waals surface area contributed by atoms with Crippen LogP contribution in [0, 0.1) is 3.57 Å². The summed E-state index contributed by atoms with van der Waals surface area (Å²) < 4.78 is 66.9. The minimum atomic E-state index is -4.56. The van der Waals surface area contributed by atoms with Crippen LogP contribution >= 0.6 is 22.6 Å². The fourth-order valence-corrected chi connectivity index (χ4v) is 4.55. The van der Waals surface area contributed by atoms with E-state index in [9.17, 15) is 26.4 Å². The summed E-state index contributed by atoms with van der Waals surface area (Å²) in [5, 5.41) is 2.34. The molecule has 162 valence electrons. The summed E-state index contributed by atoms with van der Waals surface area (Å²) in [5.41, 5.74) is -0.750. The van der Waals surface area contributed by atoms with Gasteiger partial charge in [0, 0.05) is 9.26 Å². The molecule has 3 rings (SSSR count). The number of hydrogen-bond donors (Lipinski definition) is 1. The van der Waals surface area contributed by atoms with Gasteiger partial charge in [0.05, 0.1) is 16.1 Å². The molecule has 0 saturated carbocycles. The molecule has 3 aromatic carbocycles. The highest BCUT2D eigenvalue weighted by atomic mass is 127. The molecular weight excluding hydrogens is 544 g/mol. The van der Waals surface area contributed by atoms with Gasteiger partial charge in [0.15, 0.2) is 0 Å². The van der Waals surface area contributed by atoms with Gasteiger partial charge in [0.25, 0.3) is 10.0 Å². The van der Waals surface area contributed by atoms with Gasteiger partial charge in [-0.25, -0.2) is 8.42 Å². The van der Waals surface area contributed by atoms with Crippen molar-refractivity contribution >= 4 is 49.9 Å². The molecule has 0 radical (unpaired) electrons. The van der Waals surface area contributed by atoms with E-state index in [4.69, 9.17) is 0 Å². The molecule has 1 N–H and O–H groups in total. The van der Waals surface area contributed by atoms with E-state index in [1.54, 1.807) is 42.5 Å². The van der Waals surface area contributed by atoms with E-state index in [-0.39, 0.29) is 16.3 Å². The minimum absolute atomic E-state index is 0.0135. The lowest BCUT2D eigenvalue weighted by Crippen LogP contribution is -2.38. The lowest BCUT2D eigenvalue weighted by Gasteiger charge is -2.24. The number of carbonyl (C=O) groups is 1. The Morgan fingerprint density at radius 1 is 0.935 bits per heavy atom. The molecule has 0 unspecified atom stereocenters. The lowest BCUT2D eigenvalue weighted by atomic mass is 10.2. The molecule has 3 aromatic rings. The van der Waals surface area contributed by atoms with E-state index < -0.39 is 34.2 Å². The molecular formula is C21H16F3IN2O3S. The standard InChI is InChI=1S/C21H16F3IN2O3S/c22-21(23,24)15-5-4-6-17(13-15)26-20(28)14-27(18-11-9-16(25)10-12-18)31(29,30)19-7-2-1-3-8-19/h1-13H,14H2,(H,26,28). The van der Waals surface area contributed by atoms with Gasteiger partial charge < -0.3 is 5.32 Å². The molecule has 31 heavy (non-hydrogen) atoms. The fraction of sp³-hybridized carbons (Fsp3) is 0.0952. The zero-order valence-corrected chi connectivity index (χ0v) is 18.8. The van der Waals surface area contributed by atoms with Crippen molar-refractivity contribution in [2.75, 3.05) is 16.2 Å². The third-order valence-corrected chi connectivity index (χ3v) is 6.71. The number of sulfonamides is 1. The highest BCUT2D eigenvalue weighted by Gasteiger charge is 2.31. The van der Waals surface area contributed by atoms with E-state index in [0.717, 1.165) is 26.1 Å². The SMILES string of the molecule is O=C(CN(c1ccc(I)cc1)S(=O)(=O)c1ccccc1)Nc1cccc(C(F)(F)F)c1. The summed E-state index contributed by atoms with van der Waals surface area (Å²) in [4.78, 5) is 12.6. The number of nitrogens with zero attached hydrogens (tertiary/aromatic N) is 1. The number of carbonyl (C=O) groups excluding carboxylic acids is 1. The Balaban J connectivity index is 1.90. The van der Waals surface area contributed by atoms with Crippen LogP contribution in [0.3, 0.4) is 0 Å². The van der Waals surface area contributed by atoms with Gasteiger partial charge in [-0.15, -0.1) is 0 Å². The lowest BCUT2D eigenvalue weighted by molar-refractivity contribution is -0.137. The summed E-state index contributed by atoms with van der Waals surface area (Å²) in [6, 6.07) is 18.2. The second-order valence-electron chi connectivity index (χ2n) is 6.43. The molecule has 0 saturated heterocycles. The molecule has 0 aliphatic carbocycles. The van der Waals surface area contributed by atoms with Gasteiger partial charge in [-0.2, -0.15) is 13.2 Å². The molecule has 0 spiro atoms. The average molecular weight is 560 g/mol. The third-order valence-electron chi connectivity index (χ3n) is 4.21. The molecule has 0 heterocycles. The second-order valence-corrected chi connectivity index (χ2v) is 9.54. The minimum Gasteiger partial charge on any atom is -0.325 e. The molecule has 1 amide bonds. The van der Waals surface area contributed by atoms with Crippen LogP contribution in [-0.2, 0) is 21.0 Å². The predicted molar refractivity (Wildman–Crippen MR) is 120 cm³/mol. The number of hydrogen-bond acceptors (Lipinski definition) is 3.